The van der Waals surface area contributed by atoms with Crippen LogP contribution in [0.1, 0.15) is 27.2 Å². The molecule has 1 N–H and O–H groups in total. The van der Waals surface area contributed by atoms with Gasteiger partial charge in [0.05, 0.1) is 0 Å². The van der Waals surface area contributed by atoms with E-state index >= 15 is 0 Å². The van der Waals surface area contributed by atoms with Gasteiger partial charge in [-0.05, 0) is 24.5 Å². The fourth-order valence-corrected chi connectivity index (χ4v) is 1.43. The van der Waals surface area contributed by atoms with Gasteiger partial charge in [0.15, 0.2) is 17.7 Å². The minimum Gasteiger partial charge on any atom is -0.478 e. The number of benzene rings is 1. The van der Waals surface area contributed by atoms with Gasteiger partial charge in [-0.15, -0.1) is 0 Å². The predicted molar refractivity (Wildman–Crippen MR) is 69.0 cm³/mol. The van der Waals surface area contributed by atoms with E-state index in [0.717, 1.165) is 0 Å². The summed E-state index contributed by atoms with van der Waals surface area (Å²) in [6.07, 6.45) is -0.154. The zero-order chi connectivity index (χ0) is 13.5. The zero-order valence-electron chi connectivity index (χ0n) is 11.1. The molecule has 0 saturated carbocycles. The van der Waals surface area contributed by atoms with Gasteiger partial charge in [-0.2, -0.15) is 0 Å². The highest BCUT2D eigenvalue weighted by Crippen LogP contribution is 2.18. The normalized spacial score (nSPS) is 12.3. The molecule has 0 aliphatic rings. The lowest BCUT2D eigenvalue weighted by molar-refractivity contribution is -0.128. The summed E-state index contributed by atoms with van der Waals surface area (Å²) in [6, 6.07) is 6.10. The van der Waals surface area contributed by atoms with Crippen LogP contribution in [0.2, 0.25) is 0 Å². The summed E-state index contributed by atoms with van der Waals surface area (Å²) < 4.78 is 18.8. The lowest BCUT2D eigenvalue weighted by Crippen LogP contribution is -2.39. The Morgan fingerprint density at radius 1 is 1.39 bits per heavy atom. The van der Waals surface area contributed by atoms with Crippen molar-refractivity contribution < 1.29 is 13.9 Å². The summed E-state index contributed by atoms with van der Waals surface area (Å²) in [5.41, 5.74) is 0. The van der Waals surface area contributed by atoms with Gasteiger partial charge < -0.3 is 10.1 Å². The van der Waals surface area contributed by atoms with Crippen LogP contribution in [0, 0.1) is 11.7 Å². The molecule has 0 aliphatic heterocycles. The molecule has 0 saturated heterocycles. The molecule has 1 atom stereocenters. The Morgan fingerprint density at radius 2 is 2.06 bits per heavy atom. The second-order valence-electron chi connectivity index (χ2n) is 4.58. The van der Waals surface area contributed by atoms with Crippen molar-refractivity contribution in [1.82, 2.24) is 5.32 Å². The molecule has 1 aromatic rings. The molecule has 0 bridgehead atoms. The summed E-state index contributed by atoms with van der Waals surface area (Å²) in [5, 5.41) is 2.79. The van der Waals surface area contributed by atoms with Crippen molar-refractivity contribution in [2.24, 2.45) is 5.92 Å². The first-order chi connectivity index (χ1) is 8.54. The van der Waals surface area contributed by atoms with Gasteiger partial charge >= 0.3 is 0 Å². The van der Waals surface area contributed by atoms with Gasteiger partial charge in [-0.25, -0.2) is 4.39 Å². The van der Waals surface area contributed by atoms with Crippen LogP contribution in [0.3, 0.4) is 0 Å². The van der Waals surface area contributed by atoms with E-state index in [1.54, 1.807) is 12.1 Å². The number of halogens is 1. The minimum atomic E-state index is -0.652. The van der Waals surface area contributed by atoms with Crippen LogP contribution in [0.15, 0.2) is 24.3 Å². The smallest absolute Gasteiger partial charge is 0.261 e. The average molecular weight is 253 g/mol. The van der Waals surface area contributed by atoms with E-state index in [9.17, 15) is 9.18 Å². The molecule has 1 unspecified atom stereocenters. The highest BCUT2D eigenvalue weighted by molar-refractivity contribution is 5.81. The first-order valence-corrected chi connectivity index (χ1v) is 6.23. The lowest BCUT2D eigenvalue weighted by Gasteiger charge is -2.18. The van der Waals surface area contributed by atoms with Gasteiger partial charge in [0, 0.05) is 6.54 Å². The third-order valence-corrected chi connectivity index (χ3v) is 2.45. The molecule has 0 spiro atoms. The summed E-state index contributed by atoms with van der Waals surface area (Å²) in [6.45, 7) is 6.45. The second-order valence-corrected chi connectivity index (χ2v) is 4.58. The molecule has 1 amide bonds. The van der Waals surface area contributed by atoms with Crippen molar-refractivity contribution in [3.63, 3.8) is 0 Å². The molecule has 0 fully saturated rings. The van der Waals surface area contributed by atoms with Crippen LogP contribution in [-0.2, 0) is 4.79 Å². The molecule has 4 heteroatoms. The van der Waals surface area contributed by atoms with E-state index in [0.29, 0.717) is 18.9 Å². The fourth-order valence-electron chi connectivity index (χ4n) is 1.43. The SMILES string of the molecule is CCC(Oc1ccccc1F)C(=O)NCC(C)C. The zero-order valence-corrected chi connectivity index (χ0v) is 11.1. The molecular weight excluding hydrogens is 233 g/mol. The number of para-hydroxylation sites is 1. The molecule has 100 valence electrons. The minimum absolute atomic E-state index is 0.115. The van der Waals surface area contributed by atoms with Gasteiger partial charge in [0.25, 0.3) is 5.91 Å². The third kappa shape index (κ3) is 4.35. The Balaban J connectivity index is 2.62. The number of rotatable bonds is 6. The Morgan fingerprint density at radius 3 is 2.61 bits per heavy atom. The summed E-state index contributed by atoms with van der Waals surface area (Å²) in [4.78, 5) is 11.8. The summed E-state index contributed by atoms with van der Waals surface area (Å²) >= 11 is 0. The second kappa shape index (κ2) is 6.99. The van der Waals surface area contributed by atoms with Crippen molar-refractivity contribution in [3.05, 3.63) is 30.1 Å². The number of carbonyl (C=O) groups excluding carboxylic acids is 1. The topological polar surface area (TPSA) is 38.3 Å². The molecule has 3 nitrogen and oxygen atoms in total. The largest absolute Gasteiger partial charge is 0.478 e. The van der Waals surface area contributed by atoms with Gasteiger partial charge in [-0.1, -0.05) is 32.9 Å². The molecule has 1 aromatic carbocycles. The van der Waals surface area contributed by atoms with Crippen LogP contribution < -0.4 is 10.1 Å². The molecule has 1 rings (SSSR count). The van der Waals surface area contributed by atoms with Crippen molar-refractivity contribution in [3.8, 4) is 5.75 Å². The van der Waals surface area contributed by atoms with E-state index < -0.39 is 11.9 Å². The Labute approximate surface area is 107 Å². The standard InChI is InChI=1S/C14H20FNO2/c1-4-12(14(17)16-9-10(2)3)18-13-8-6-5-7-11(13)15/h5-8,10,12H,4,9H2,1-3H3,(H,16,17). The number of nitrogens with one attached hydrogen (secondary N) is 1. The first-order valence-electron chi connectivity index (χ1n) is 6.23. The Hall–Kier alpha value is -1.58. The van der Waals surface area contributed by atoms with Crippen LogP contribution >= 0.6 is 0 Å². The molecule has 0 radical (unpaired) electrons. The Kier molecular flexibility index (Phi) is 5.62. The lowest BCUT2D eigenvalue weighted by atomic mass is 10.2. The maximum Gasteiger partial charge on any atom is 0.261 e. The predicted octanol–water partition coefficient (Wildman–Crippen LogP) is 2.76. The number of hydrogen-bond acceptors (Lipinski definition) is 2. The van der Waals surface area contributed by atoms with Crippen LogP contribution in [0.25, 0.3) is 0 Å². The van der Waals surface area contributed by atoms with Crippen molar-refractivity contribution in [2.75, 3.05) is 6.54 Å². The Bertz CT molecular complexity index is 393. The van der Waals surface area contributed by atoms with E-state index in [-0.39, 0.29) is 11.7 Å². The monoisotopic (exact) mass is 253 g/mol. The molecule has 0 aliphatic carbocycles. The fraction of sp³-hybridized carbons (Fsp3) is 0.500. The quantitative estimate of drug-likeness (QED) is 0.846. The third-order valence-electron chi connectivity index (χ3n) is 2.45. The van der Waals surface area contributed by atoms with Crippen LogP contribution in [-0.4, -0.2) is 18.6 Å². The van der Waals surface area contributed by atoms with E-state index in [1.165, 1.54) is 12.1 Å². The number of carbonyl (C=O) groups is 1. The number of amides is 1. The number of hydrogen-bond donors (Lipinski definition) is 1. The first kappa shape index (κ1) is 14.5. The number of ether oxygens (including phenoxy) is 1. The molecule has 0 aromatic heterocycles. The maximum absolute atomic E-state index is 13.4. The van der Waals surface area contributed by atoms with Crippen LogP contribution in [0.5, 0.6) is 5.75 Å². The molecule has 18 heavy (non-hydrogen) atoms. The van der Waals surface area contributed by atoms with Crippen molar-refractivity contribution in [2.45, 2.75) is 33.3 Å². The van der Waals surface area contributed by atoms with E-state index in [1.807, 2.05) is 20.8 Å². The van der Waals surface area contributed by atoms with Gasteiger partial charge in [0.1, 0.15) is 0 Å². The van der Waals surface area contributed by atoms with E-state index in [4.69, 9.17) is 4.74 Å². The van der Waals surface area contributed by atoms with Gasteiger partial charge in [-0.3, -0.25) is 4.79 Å². The van der Waals surface area contributed by atoms with Crippen LogP contribution in [0.4, 0.5) is 4.39 Å². The van der Waals surface area contributed by atoms with Crippen molar-refractivity contribution in [1.29, 1.82) is 0 Å². The van der Waals surface area contributed by atoms with Crippen molar-refractivity contribution >= 4 is 5.91 Å². The summed E-state index contributed by atoms with van der Waals surface area (Å²) in [7, 11) is 0. The maximum atomic E-state index is 13.4. The average Bonchev–Trinajstić information content (AvgIpc) is 2.35. The van der Waals surface area contributed by atoms with E-state index in [2.05, 4.69) is 5.32 Å². The highest BCUT2D eigenvalue weighted by Gasteiger charge is 2.19. The highest BCUT2D eigenvalue weighted by atomic mass is 19.1. The molecular formula is C14H20FNO2. The molecule has 0 heterocycles. The van der Waals surface area contributed by atoms with Gasteiger partial charge in [0.2, 0.25) is 0 Å². The summed E-state index contributed by atoms with van der Waals surface area (Å²) in [5.74, 6) is -0.161.